The molecule has 0 saturated carbocycles. The molecular formula is C17H16F3N3. The van der Waals surface area contributed by atoms with E-state index in [0.717, 1.165) is 55.1 Å². The van der Waals surface area contributed by atoms with Crippen LogP contribution in [-0.4, -0.2) is 42.1 Å². The van der Waals surface area contributed by atoms with Gasteiger partial charge in [-0.1, -0.05) is 12.1 Å². The lowest BCUT2D eigenvalue weighted by Crippen LogP contribution is -2.66. The molecule has 3 aliphatic rings. The Morgan fingerprint density at radius 3 is 2.30 bits per heavy atom. The third-order valence-electron chi connectivity index (χ3n) is 4.64. The second kappa shape index (κ2) is 5.23. The summed E-state index contributed by atoms with van der Waals surface area (Å²) in [7, 11) is 0. The molecule has 1 aromatic carbocycles. The average Bonchev–Trinajstić information content (AvgIpc) is 2.54. The number of halogens is 3. The summed E-state index contributed by atoms with van der Waals surface area (Å²) in [4.78, 5) is 9.04. The number of rotatable bonds is 2. The Kier molecular flexibility index (Phi) is 3.30. The van der Waals surface area contributed by atoms with Gasteiger partial charge in [0.15, 0.2) is 0 Å². The minimum absolute atomic E-state index is 0.536. The van der Waals surface area contributed by atoms with E-state index in [9.17, 15) is 13.2 Å². The Morgan fingerprint density at radius 1 is 0.957 bits per heavy atom. The Morgan fingerprint density at radius 2 is 1.70 bits per heavy atom. The highest BCUT2D eigenvalue weighted by Crippen LogP contribution is 2.32. The van der Waals surface area contributed by atoms with Crippen LogP contribution in [0, 0.1) is 0 Å². The molecule has 0 spiro atoms. The first-order valence-electron chi connectivity index (χ1n) is 7.62. The lowest BCUT2D eigenvalue weighted by molar-refractivity contribution is -0.137. The van der Waals surface area contributed by atoms with Gasteiger partial charge in [0.05, 0.1) is 23.5 Å². The second-order valence-corrected chi connectivity index (χ2v) is 6.11. The van der Waals surface area contributed by atoms with Gasteiger partial charge in [0.25, 0.3) is 0 Å². The summed E-state index contributed by atoms with van der Waals surface area (Å²) in [6.07, 6.45) is -0.771. The van der Waals surface area contributed by atoms with Crippen molar-refractivity contribution in [2.24, 2.45) is 0 Å². The summed E-state index contributed by atoms with van der Waals surface area (Å²) in [6.45, 7) is 4.21. The van der Waals surface area contributed by atoms with Crippen LogP contribution in [0.4, 0.5) is 18.9 Å². The molecule has 2 bridgehead atoms. The zero-order valence-electron chi connectivity index (χ0n) is 12.4. The molecule has 0 unspecified atom stereocenters. The number of anilines is 1. The fourth-order valence-electron chi connectivity index (χ4n) is 3.29. The normalized spacial score (nSPS) is 23.5. The molecule has 6 heteroatoms. The Hall–Kier alpha value is -2.08. The molecular weight excluding hydrogens is 303 g/mol. The fraction of sp³-hybridized carbons (Fsp3) is 0.353. The standard InChI is InChI=1S/C17H16F3N3/c18-17(19,20)14-3-1-12(2-4-14)13-7-15(9-21-8-13)23-6-5-22-10-16(23)11-22/h1-4,7-9,16H,5-6,10-11H2. The monoisotopic (exact) mass is 319 g/mol. The summed E-state index contributed by atoms with van der Waals surface area (Å²) in [5.74, 6) is 0. The molecule has 3 fully saturated rings. The number of pyridine rings is 1. The van der Waals surface area contributed by atoms with Gasteiger partial charge in [-0.25, -0.2) is 0 Å². The van der Waals surface area contributed by atoms with E-state index in [2.05, 4.69) is 14.8 Å². The van der Waals surface area contributed by atoms with Crippen LogP contribution in [0.15, 0.2) is 42.7 Å². The molecule has 1 aromatic heterocycles. The molecule has 0 amide bonds. The summed E-state index contributed by atoms with van der Waals surface area (Å²) in [6, 6.07) is 7.80. The SMILES string of the molecule is FC(F)(F)c1ccc(-c2cncc(N3CCN4CC3C4)c2)cc1. The number of hydrogen-bond acceptors (Lipinski definition) is 3. The summed E-state index contributed by atoms with van der Waals surface area (Å²) < 4.78 is 38.0. The van der Waals surface area contributed by atoms with Crippen molar-refractivity contribution in [1.82, 2.24) is 9.88 Å². The number of aromatic nitrogens is 1. The van der Waals surface area contributed by atoms with E-state index >= 15 is 0 Å². The van der Waals surface area contributed by atoms with Crippen LogP contribution in [0.5, 0.6) is 0 Å². The molecule has 3 saturated heterocycles. The highest BCUT2D eigenvalue weighted by molar-refractivity contribution is 5.67. The lowest BCUT2D eigenvalue weighted by Gasteiger charge is -2.52. The molecule has 4 heterocycles. The van der Waals surface area contributed by atoms with Crippen molar-refractivity contribution in [3.8, 4) is 11.1 Å². The average molecular weight is 319 g/mol. The topological polar surface area (TPSA) is 19.4 Å². The van der Waals surface area contributed by atoms with Crippen molar-refractivity contribution in [3.05, 3.63) is 48.3 Å². The lowest BCUT2D eigenvalue weighted by atomic mass is 10.0. The molecule has 3 aliphatic heterocycles. The largest absolute Gasteiger partial charge is 0.416 e. The number of fused-ring (bicyclic) bond motifs is 2. The predicted molar refractivity (Wildman–Crippen MR) is 82.2 cm³/mol. The molecule has 0 radical (unpaired) electrons. The van der Waals surface area contributed by atoms with Crippen molar-refractivity contribution < 1.29 is 13.2 Å². The van der Waals surface area contributed by atoms with Gasteiger partial charge in [0.2, 0.25) is 0 Å². The van der Waals surface area contributed by atoms with Gasteiger partial charge in [-0.3, -0.25) is 9.88 Å². The number of alkyl halides is 3. The van der Waals surface area contributed by atoms with Gasteiger partial charge >= 0.3 is 6.18 Å². The van der Waals surface area contributed by atoms with Crippen molar-refractivity contribution in [1.29, 1.82) is 0 Å². The Balaban J connectivity index is 1.61. The first kappa shape index (κ1) is 14.5. The zero-order chi connectivity index (χ0) is 16.0. The first-order chi connectivity index (χ1) is 11.0. The third kappa shape index (κ3) is 2.67. The number of benzene rings is 1. The molecule has 5 rings (SSSR count). The molecule has 0 aliphatic carbocycles. The molecule has 0 atom stereocenters. The molecule has 2 aromatic rings. The molecule has 3 nitrogen and oxygen atoms in total. The van der Waals surface area contributed by atoms with Crippen molar-refractivity contribution in [3.63, 3.8) is 0 Å². The third-order valence-corrected chi connectivity index (χ3v) is 4.64. The number of nitrogens with zero attached hydrogens (tertiary/aromatic N) is 3. The molecule has 23 heavy (non-hydrogen) atoms. The molecule has 120 valence electrons. The highest BCUT2D eigenvalue weighted by atomic mass is 19.4. The minimum atomic E-state index is -4.30. The number of hydrogen-bond donors (Lipinski definition) is 0. The smallest absolute Gasteiger partial charge is 0.363 e. The zero-order valence-corrected chi connectivity index (χ0v) is 12.4. The second-order valence-electron chi connectivity index (χ2n) is 6.11. The van der Waals surface area contributed by atoms with E-state index < -0.39 is 11.7 Å². The van der Waals surface area contributed by atoms with Crippen LogP contribution in [0.2, 0.25) is 0 Å². The molecule has 0 N–H and O–H groups in total. The minimum Gasteiger partial charge on any atom is -0.363 e. The Bertz CT molecular complexity index is 703. The summed E-state index contributed by atoms with van der Waals surface area (Å²) >= 11 is 0. The van der Waals surface area contributed by atoms with Gasteiger partial charge in [-0.2, -0.15) is 13.2 Å². The summed E-state index contributed by atoms with van der Waals surface area (Å²) in [5.41, 5.74) is 2.01. The van der Waals surface area contributed by atoms with E-state index in [1.54, 1.807) is 6.20 Å². The van der Waals surface area contributed by atoms with E-state index in [0.29, 0.717) is 6.04 Å². The quantitative estimate of drug-likeness (QED) is 0.847. The predicted octanol–water partition coefficient (Wildman–Crippen LogP) is 3.27. The summed E-state index contributed by atoms with van der Waals surface area (Å²) in [5, 5.41) is 0. The maximum atomic E-state index is 12.7. The fourth-order valence-corrected chi connectivity index (χ4v) is 3.29. The highest BCUT2D eigenvalue weighted by Gasteiger charge is 2.36. The maximum absolute atomic E-state index is 12.7. The van der Waals surface area contributed by atoms with Gasteiger partial charge < -0.3 is 4.90 Å². The van der Waals surface area contributed by atoms with Crippen LogP contribution in [0.3, 0.4) is 0 Å². The van der Waals surface area contributed by atoms with Gasteiger partial charge in [-0.05, 0) is 23.8 Å². The van der Waals surface area contributed by atoms with Gasteiger partial charge in [0.1, 0.15) is 0 Å². The van der Waals surface area contributed by atoms with Gasteiger partial charge in [-0.15, -0.1) is 0 Å². The van der Waals surface area contributed by atoms with E-state index in [1.165, 1.54) is 12.1 Å². The van der Waals surface area contributed by atoms with Crippen molar-refractivity contribution in [2.45, 2.75) is 12.2 Å². The first-order valence-corrected chi connectivity index (χ1v) is 7.62. The van der Waals surface area contributed by atoms with Crippen molar-refractivity contribution in [2.75, 3.05) is 31.1 Å². The number of piperazine rings is 2. The van der Waals surface area contributed by atoms with Crippen LogP contribution >= 0.6 is 0 Å². The van der Waals surface area contributed by atoms with E-state index in [4.69, 9.17) is 0 Å². The van der Waals surface area contributed by atoms with E-state index in [-0.39, 0.29) is 0 Å². The van der Waals surface area contributed by atoms with E-state index in [1.807, 2.05) is 12.3 Å². The van der Waals surface area contributed by atoms with Crippen LogP contribution in [-0.2, 0) is 6.18 Å². The van der Waals surface area contributed by atoms with Crippen LogP contribution in [0.25, 0.3) is 11.1 Å². The maximum Gasteiger partial charge on any atom is 0.416 e. The van der Waals surface area contributed by atoms with Crippen LogP contribution in [0.1, 0.15) is 5.56 Å². The van der Waals surface area contributed by atoms with Gasteiger partial charge in [0, 0.05) is 37.9 Å². The Labute approximate surface area is 132 Å². The van der Waals surface area contributed by atoms with Crippen LogP contribution < -0.4 is 4.90 Å². The van der Waals surface area contributed by atoms with Crippen molar-refractivity contribution >= 4 is 5.69 Å².